The second-order valence-corrected chi connectivity index (χ2v) is 8.23. The predicted octanol–water partition coefficient (Wildman–Crippen LogP) is 4.88. The Kier molecular flexibility index (Phi) is 4.23. The minimum absolute atomic E-state index is 0.389. The van der Waals surface area contributed by atoms with Crippen LogP contribution in [0.3, 0.4) is 0 Å². The molecular weight excluding hydrogens is 348 g/mol. The molecule has 0 spiro atoms. The van der Waals surface area contributed by atoms with E-state index in [1.807, 2.05) is 0 Å². The van der Waals surface area contributed by atoms with Gasteiger partial charge in [-0.1, -0.05) is 52.4 Å². The Morgan fingerprint density at radius 3 is 2.78 bits per heavy atom. The van der Waals surface area contributed by atoms with Crippen LogP contribution in [0.1, 0.15) is 38.5 Å². The molecule has 0 aromatic heterocycles. The van der Waals surface area contributed by atoms with E-state index in [9.17, 15) is 0 Å². The van der Waals surface area contributed by atoms with Gasteiger partial charge in [0.1, 0.15) is 6.17 Å². The van der Waals surface area contributed by atoms with E-state index in [1.165, 1.54) is 37.8 Å². The summed E-state index contributed by atoms with van der Waals surface area (Å²) in [5.74, 6) is 0. The first-order valence-corrected chi connectivity index (χ1v) is 9.74. The molecule has 0 fully saturated rings. The summed E-state index contributed by atoms with van der Waals surface area (Å²) >= 11 is 3.85. The Hall–Kier alpha value is -1.22. The Morgan fingerprint density at radius 2 is 2.00 bits per heavy atom. The van der Waals surface area contributed by atoms with Crippen molar-refractivity contribution in [3.05, 3.63) is 59.5 Å². The third-order valence-corrected chi connectivity index (χ3v) is 6.17. The second-order valence-electron chi connectivity index (χ2n) is 6.94. The van der Waals surface area contributed by atoms with E-state index in [4.69, 9.17) is 0 Å². The van der Waals surface area contributed by atoms with Crippen molar-refractivity contribution >= 4 is 15.9 Å². The Bertz CT molecular complexity index is 626. The summed E-state index contributed by atoms with van der Waals surface area (Å²) in [6.07, 6.45) is 23.8. The summed E-state index contributed by atoms with van der Waals surface area (Å²) in [6, 6.07) is 0.506. The van der Waals surface area contributed by atoms with Gasteiger partial charge in [-0.2, -0.15) is 0 Å². The average Bonchev–Trinajstić information content (AvgIpc) is 2.89. The number of likely N-dealkylation sites (N-methyl/N-ethyl adjacent to an activating group) is 1. The molecular formula is C20H25BrN2. The van der Waals surface area contributed by atoms with Crippen LogP contribution in [-0.2, 0) is 0 Å². The monoisotopic (exact) mass is 372 g/mol. The highest BCUT2D eigenvalue weighted by Crippen LogP contribution is 2.42. The van der Waals surface area contributed by atoms with E-state index in [1.54, 1.807) is 11.3 Å². The van der Waals surface area contributed by atoms with Crippen LogP contribution in [-0.4, -0.2) is 33.9 Å². The van der Waals surface area contributed by atoms with E-state index in [2.05, 4.69) is 75.3 Å². The van der Waals surface area contributed by atoms with Crippen molar-refractivity contribution < 1.29 is 0 Å². The quantitative estimate of drug-likeness (QED) is 0.503. The molecule has 0 N–H and O–H groups in total. The molecule has 2 nitrogen and oxygen atoms in total. The van der Waals surface area contributed by atoms with Crippen molar-refractivity contribution in [2.24, 2.45) is 0 Å². The second kappa shape index (κ2) is 6.35. The number of alkyl halides is 1. The number of rotatable bonds is 2. The average molecular weight is 373 g/mol. The fourth-order valence-corrected chi connectivity index (χ4v) is 4.96. The first kappa shape index (κ1) is 15.3. The van der Waals surface area contributed by atoms with Crippen LogP contribution >= 0.6 is 15.9 Å². The smallest absolute Gasteiger partial charge is 0.124 e. The summed E-state index contributed by atoms with van der Waals surface area (Å²) in [5, 5.41) is 0. The number of hydrogen-bond acceptors (Lipinski definition) is 2. The fraction of sp³-hybridized carbons (Fsp3) is 0.500. The van der Waals surface area contributed by atoms with Gasteiger partial charge < -0.3 is 9.80 Å². The zero-order valence-electron chi connectivity index (χ0n) is 13.8. The molecule has 1 heterocycles. The van der Waals surface area contributed by atoms with E-state index in [-0.39, 0.29) is 0 Å². The van der Waals surface area contributed by atoms with Gasteiger partial charge in [0.05, 0.1) is 11.7 Å². The van der Waals surface area contributed by atoms with Crippen LogP contribution in [0, 0.1) is 0 Å². The molecule has 1 aliphatic heterocycles. The molecule has 0 saturated heterocycles. The Balaban J connectivity index is 1.73. The van der Waals surface area contributed by atoms with Crippen molar-refractivity contribution in [3.8, 4) is 0 Å². The maximum absolute atomic E-state index is 3.85. The van der Waals surface area contributed by atoms with Gasteiger partial charge in [-0.3, -0.25) is 0 Å². The maximum atomic E-state index is 3.85. The van der Waals surface area contributed by atoms with Crippen LogP contribution in [0.4, 0.5) is 0 Å². The number of hydrogen-bond donors (Lipinski definition) is 0. The molecule has 23 heavy (non-hydrogen) atoms. The van der Waals surface area contributed by atoms with Gasteiger partial charge >= 0.3 is 0 Å². The molecule has 3 unspecified atom stereocenters. The first-order chi connectivity index (χ1) is 11.3. The van der Waals surface area contributed by atoms with Crippen molar-refractivity contribution in [1.29, 1.82) is 0 Å². The minimum Gasteiger partial charge on any atom is -0.349 e. The molecule has 0 radical (unpaired) electrons. The van der Waals surface area contributed by atoms with E-state index < -0.39 is 0 Å². The molecule has 3 heteroatoms. The van der Waals surface area contributed by atoms with Gasteiger partial charge in [-0.25, -0.2) is 0 Å². The number of allylic oxidation sites excluding steroid dienone is 7. The molecule has 0 bridgehead atoms. The van der Waals surface area contributed by atoms with E-state index in [0.717, 1.165) is 6.42 Å². The zero-order chi connectivity index (χ0) is 15.8. The van der Waals surface area contributed by atoms with E-state index >= 15 is 0 Å². The van der Waals surface area contributed by atoms with Crippen LogP contribution < -0.4 is 0 Å². The van der Waals surface area contributed by atoms with E-state index in [0.29, 0.717) is 17.0 Å². The summed E-state index contributed by atoms with van der Waals surface area (Å²) in [7, 11) is 2.27. The highest BCUT2D eigenvalue weighted by molar-refractivity contribution is 9.09. The van der Waals surface area contributed by atoms with Crippen LogP contribution in [0.15, 0.2) is 59.5 Å². The summed E-state index contributed by atoms with van der Waals surface area (Å²) in [4.78, 5) is 5.82. The van der Waals surface area contributed by atoms with Crippen LogP contribution in [0.2, 0.25) is 0 Å². The van der Waals surface area contributed by atoms with Gasteiger partial charge in [0.2, 0.25) is 0 Å². The third-order valence-electron chi connectivity index (χ3n) is 5.42. The lowest BCUT2D eigenvalue weighted by Gasteiger charge is -2.41. The van der Waals surface area contributed by atoms with Crippen molar-refractivity contribution in [2.75, 3.05) is 7.05 Å². The molecule has 4 aliphatic rings. The molecule has 122 valence electrons. The summed E-state index contributed by atoms with van der Waals surface area (Å²) in [5.41, 5.74) is 4.54. The molecule has 0 aromatic carbocycles. The van der Waals surface area contributed by atoms with Crippen molar-refractivity contribution in [1.82, 2.24) is 9.80 Å². The molecule has 3 aliphatic carbocycles. The van der Waals surface area contributed by atoms with Crippen molar-refractivity contribution in [3.63, 3.8) is 0 Å². The minimum atomic E-state index is 0.389. The topological polar surface area (TPSA) is 6.48 Å². The largest absolute Gasteiger partial charge is 0.349 e. The van der Waals surface area contributed by atoms with Crippen LogP contribution in [0.5, 0.6) is 0 Å². The van der Waals surface area contributed by atoms with Gasteiger partial charge in [-0.15, -0.1) is 0 Å². The lowest BCUT2D eigenvalue weighted by Crippen LogP contribution is -2.46. The third kappa shape index (κ3) is 2.73. The maximum Gasteiger partial charge on any atom is 0.124 e. The SMILES string of the molecule is CN1C2=C(CCC=C2)N(C2C=CCC(Br)C2)C1C1=CC=CCC1. The number of halogens is 1. The number of nitrogens with zero attached hydrogens (tertiary/aromatic N) is 2. The molecule has 3 atom stereocenters. The molecule has 0 saturated carbocycles. The lowest BCUT2D eigenvalue weighted by molar-refractivity contribution is 0.154. The van der Waals surface area contributed by atoms with Gasteiger partial charge in [0.25, 0.3) is 0 Å². The summed E-state index contributed by atoms with van der Waals surface area (Å²) in [6.45, 7) is 0. The zero-order valence-corrected chi connectivity index (χ0v) is 15.4. The lowest BCUT2D eigenvalue weighted by atomic mass is 9.96. The Labute approximate surface area is 148 Å². The standard InChI is InChI=1S/C20H25BrN2/c1-22-18-12-5-6-13-19(18)23(17-11-7-10-16(21)14-17)20(22)15-8-3-2-4-9-15/h2-3,5,7-8,11-12,16-17,20H,4,6,9-10,13-14H2,1H3. The summed E-state index contributed by atoms with van der Waals surface area (Å²) < 4.78 is 0. The molecule has 0 aromatic rings. The van der Waals surface area contributed by atoms with Gasteiger partial charge in [0.15, 0.2) is 0 Å². The molecule has 0 amide bonds. The predicted molar refractivity (Wildman–Crippen MR) is 100 cm³/mol. The molecule has 4 rings (SSSR count). The highest BCUT2D eigenvalue weighted by Gasteiger charge is 2.41. The van der Waals surface area contributed by atoms with Crippen molar-refractivity contribution in [2.45, 2.75) is 55.6 Å². The Morgan fingerprint density at radius 1 is 1.13 bits per heavy atom. The normalized spacial score (nSPS) is 33.3. The van der Waals surface area contributed by atoms with Gasteiger partial charge in [-0.05, 0) is 50.2 Å². The van der Waals surface area contributed by atoms with Gasteiger partial charge in [0, 0.05) is 17.6 Å². The fourth-order valence-electron chi connectivity index (χ4n) is 4.36. The highest BCUT2D eigenvalue weighted by atomic mass is 79.9. The first-order valence-electron chi connectivity index (χ1n) is 8.83. The van der Waals surface area contributed by atoms with Crippen LogP contribution in [0.25, 0.3) is 0 Å².